The largest absolute Gasteiger partial charge is 0.494 e. The van der Waals surface area contributed by atoms with Crippen molar-refractivity contribution < 1.29 is 23.5 Å². The van der Waals surface area contributed by atoms with Gasteiger partial charge < -0.3 is 10.1 Å². The zero-order valence-electron chi connectivity index (χ0n) is 15.7. The monoisotopic (exact) mass is 384 g/mol. The molecule has 146 valence electrons. The van der Waals surface area contributed by atoms with Gasteiger partial charge in [0.15, 0.2) is 11.6 Å². The molecule has 0 saturated heterocycles. The second kappa shape index (κ2) is 8.21. The van der Waals surface area contributed by atoms with Crippen molar-refractivity contribution in [3.63, 3.8) is 0 Å². The Bertz CT molecular complexity index is 893. The molecular formula is C21H21FN2O4. The first-order valence-corrected chi connectivity index (χ1v) is 9.00. The van der Waals surface area contributed by atoms with E-state index >= 15 is 0 Å². The van der Waals surface area contributed by atoms with E-state index < -0.39 is 5.82 Å². The van der Waals surface area contributed by atoms with Crippen LogP contribution in [0.25, 0.3) is 0 Å². The highest BCUT2D eigenvalue weighted by atomic mass is 19.1. The Hall–Kier alpha value is -3.22. The first-order valence-electron chi connectivity index (χ1n) is 9.00. The average Bonchev–Trinajstić information content (AvgIpc) is 2.93. The van der Waals surface area contributed by atoms with Gasteiger partial charge in [0.2, 0.25) is 5.91 Å². The van der Waals surface area contributed by atoms with Crippen LogP contribution in [0.5, 0.6) is 5.75 Å². The molecule has 28 heavy (non-hydrogen) atoms. The molecule has 7 heteroatoms. The van der Waals surface area contributed by atoms with Gasteiger partial charge in [-0.15, -0.1) is 0 Å². The molecule has 3 rings (SSSR count). The number of halogens is 1. The summed E-state index contributed by atoms with van der Waals surface area (Å²) < 4.78 is 18.7. The number of ether oxygens (including phenoxy) is 1. The Morgan fingerprint density at radius 3 is 2.36 bits per heavy atom. The fourth-order valence-corrected chi connectivity index (χ4v) is 3.19. The van der Waals surface area contributed by atoms with E-state index in [9.17, 15) is 18.8 Å². The molecular weight excluding hydrogens is 363 g/mol. The standard InChI is InChI=1S/C21H21FN2O4/c1-13(14-9-10-18(28-2)17(22)12-14)23-19(25)8-5-11-24-20(26)15-6-3-4-7-16(15)21(24)27/h3-4,6-7,9-10,12-13H,5,8,11H2,1-2H3,(H,23,25)/t13-/m0/s1. The van der Waals surface area contributed by atoms with Gasteiger partial charge in [-0.05, 0) is 43.2 Å². The number of nitrogens with one attached hydrogen (secondary N) is 1. The number of imide groups is 1. The van der Waals surface area contributed by atoms with Crippen molar-refractivity contribution in [3.8, 4) is 5.75 Å². The van der Waals surface area contributed by atoms with Crippen LogP contribution in [-0.4, -0.2) is 36.3 Å². The van der Waals surface area contributed by atoms with Gasteiger partial charge in [-0.2, -0.15) is 0 Å². The van der Waals surface area contributed by atoms with Crippen LogP contribution in [-0.2, 0) is 4.79 Å². The number of methoxy groups -OCH3 is 1. The first-order chi connectivity index (χ1) is 13.4. The molecule has 1 aliphatic rings. The number of amides is 3. The summed E-state index contributed by atoms with van der Waals surface area (Å²) in [5, 5.41) is 2.79. The number of hydrogen-bond donors (Lipinski definition) is 1. The van der Waals surface area contributed by atoms with Gasteiger partial charge in [-0.3, -0.25) is 19.3 Å². The average molecular weight is 384 g/mol. The SMILES string of the molecule is COc1ccc([C@H](C)NC(=O)CCCN2C(=O)c3ccccc3C2=O)cc1F. The molecule has 6 nitrogen and oxygen atoms in total. The number of nitrogens with zero attached hydrogens (tertiary/aromatic N) is 1. The van der Waals surface area contributed by atoms with Crippen LogP contribution in [0.15, 0.2) is 42.5 Å². The van der Waals surface area contributed by atoms with Crippen molar-refractivity contribution in [2.45, 2.75) is 25.8 Å². The van der Waals surface area contributed by atoms with Crippen molar-refractivity contribution in [2.24, 2.45) is 0 Å². The van der Waals surface area contributed by atoms with Gasteiger partial charge in [-0.25, -0.2) is 4.39 Å². The summed E-state index contributed by atoms with van der Waals surface area (Å²) in [6.07, 6.45) is 0.497. The fourth-order valence-electron chi connectivity index (χ4n) is 3.19. The van der Waals surface area contributed by atoms with E-state index in [1.165, 1.54) is 24.1 Å². The Morgan fingerprint density at radius 2 is 1.79 bits per heavy atom. The van der Waals surface area contributed by atoms with Crippen molar-refractivity contribution in [1.82, 2.24) is 10.2 Å². The lowest BCUT2D eigenvalue weighted by Crippen LogP contribution is -2.32. The number of rotatable bonds is 7. The van der Waals surface area contributed by atoms with Crippen LogP contribution in [0.1, 0.15) is 52.1 Å². The van der Waals surface area contributed by atoms with Crippen LogP contribution in [0.2, 0.25) is 0 Å². The maximum atomic E-state index is 13.8. The molecule has 0 saturated carbocycles. The highest BCUT2D eigenvalue weighted by molar-refractivity contribution is 6.21. The molecule has 0 fully saturated rings. The molecule has 1 N–H and O–H groups in total. The van der Waals surface area contributed by atoms with Gasteiger partial charge in [0.1, 0.15) is 0 Å². The Morgan fingerprint density at radius 1 is 1.14 bits per heavy atom. The third kappa shape index (κ3) is 3.88. The summed E-state index contributed by atoms with van der Waals surface area (Å²) in [6, 6.07) is 10.8. The second-order valence-electron chi connectivity index (χ2n) is 6.59. The molecule has 0 aromatic heterocycles. The lowest BCUT2D eigenvalue weighted by atomic mass is 10.1. The zero-order valence-corrected chi connectivity index (χ0v) is 15.7. The quantitative estimate of drug-likeness (QED) is 0.745. The minimum Gasteiger partial charge on any atom is -0.494 e. The molecule has 0 spiro atoms. The van der Waals surface area contributed by atoms with E-state index in [0.717, 1.165) is 0 Å². The minimum atomic E-state index is -0.494. The molecule has 3 amide bonds. The summed E-state index contributed by atoms with van der Waals surface area (Å²) in [5.41, 5.74) is 1.41. The van der Waals surface area contributed by atoms with Gasteiger partial charge in [-0.1, -0.05) is 18.2 Å². The maximum Gasteiger partial charge on any atom is 0.261 e. The summed E-state index contributed by atoms with van der Waals surface area (Å²) in [6.45, 7) is 1.93. The fraction of sp³-hybridized carbons (Fsp3) is 0.286. The van der Waals surface area contributed by atoms with E-state index in [-0.39, 0.29) is 42.5 Å². The summed E-state index contributed by atoms with van der Waals surface area (Å²) in [4.78, 5) is 37.9. The number of benzene rings is 2. The summed E-state index contributed by atoms with van der Waals surface area (Å²) in [7, 11) is 1.39. The highest BCUT2D eigenvalue weighted by Crippen LogP contribution is 2.23. The predicted molar refractivity (Wildman–Crippen MR) is 101 cm³/mol. The van der Waals surface area contributed by atoms with Crippen molar-refractivity contribution in [1.29, 1.82) is 0 Å². The molecule has 0 aliphatic carbocycles. The summed E-state index contributed by atoms with van der Waals surface area (Å²) in [5.74, 6) is -1.25. The third-order valence-electron chi connectivity index (χ3n) is 4.72. The Balaban J connectivity index is 1.51. The number of carbonyl (C=O) groups excluding carboxylic acids is 3. The second-order valence-corrected chi connectivity index (χ2v) is 6.59. The van der Waals surface area contributed by atoms with E-state index in [1.807, 2.05) is 0 Å². The predicted octanol–water partition coefficient (Wildman–Crippen LogP) is 3.09. The molecule has 2 aromatic rings. The zero-order chi connectivity index (χ0) is 20.3. The maximum absolute atomic E-state index is 13.8. The molecule has 1 heterocycles. The summed E-state index contributed by atoms with van der Waals surface area (Å²) >= 11 is 0. The van der Waals surface area contributed by atoms with Crippen LogP contribution in [0.3, 0.4) is 0 Å². The normalized spacial score (nSPS) is 14.0. The van der Waals surface area contributed by atoms with Crippen LogP contribution in [0, 0.1) is 5.82 Å². The van der Waals surface area contributed by atoms with Crippen molar-refractivity contribution in [3.05, 3.63) is 65.0 Å². The van der Waals surface area contributed by atoms with E-state index in [0.29, 0.717) is 23.1 Å². The topological polar surface area (TPSA) is 75.7 Å². The number of hydrogen-bond acceptors (Lipinski definition) is 4. The first kappa shape index (κ1) is 19.5. The van der Waals surface area contributed by atoms with Crippen molar-refractivity contribution in [2.75, 3.05) is 13.7 Å². The Kier molecular flexibility index (Phi) is 5.73. The van der Waals surface area contributed by atoms with Crippen molar-refractivity contribution >= 4 is 17.7 Å². The van der Waals surface area contributed by atoms with Crippen LogP contribution < -0.4 is 10.1 Å². The van der Waals surface area contributed by atoms with Gasteiger partial charge in [0.05, 0.1) is 24.3 Å². The molecule has 1 atom stereocenters. The van der Waals surface area contributed by atoms with Crippen LogP contribution in [0.4, 0.5) is 4.39 Å². The minimum absolute atomic E-state index is 0.142. The third-order valence-corrected chi connectivity index (χ3v) is 4.72. The van der Waals surface area contributed by atoms with Gasteiger partial charge in [0.25, 0.3) is 11.8 Å². The molecule has 0 unspecified atom stereocenters. The molecule has 1 aliphatic heterocycles. The van der Waals surface area contributed by atoms with Gasteiger partial charge >= 0.3 is 0 Å². The van der Waals surface area contributed by atoms with Crippen LogP contribution >= 0.6 is 0 Å². The molecule has 0 bridgehead atoms. The number of carbonyl (C=O) groups is 3. The lowest BCUT2D eigenvalue weighted by Gasteiger charge is -2.16. The highest BCUT2D eigenvalue weighted by Gasteiger charge is 2.34. The smallest absolute Gasteiger partial charge is 0.261 e. The van der Waals surface area contributed by atoms with E-state index in [4.69, 9.17) is 4.74 Å². The molecule has 0 radical (unpaired) electrons. The Labute approximate surface area is 162 Å². The van der Waals surface area contributed by atoms with Gasteiger partial charge in [0, 0.05) is 13.0 Å². The lowest BCUT2D eigenvalue weighted by molar-refractivity contribution is -0.121. The van der Waals surface area contributed by atoms with E-state index in [1.54, 1.807) is 37.3 Å². The molecule has 2 aromatic carbocycles. The number of fused-ring (bicyclic) bond motifs is 1. The van der Waals surface area contributed by atoms with E-state index in [2.05, 4.69) is 5.32 Å².